The largest absolute Gasteiger partial charge is 0.452 e. The van der Waals surface area contributed by atoms with Gasteiger partial charge in [-0.2, -0.15) is 0 Å². The second-order valence-electron chi connectivity index (χ2n) is 4.82. The van der Waals surface area contributed by atoms with Crippen molar-refractivity contribution in [3.8, 4) is 12.3 Å². The van der Waals surface area contributed by atoms with Crippen LogP contribution in [0.1, 0.15) is 25.7 Å². The number of nitrogens with zero attached hydrogens (tertiary/aromatic N) is 2. The van der Waals surface area contributed by atoms with E-state index in [4.69, 9.17) is 11.2 Å². The molecule has 0 saturated heterocycles. The van der Waals surface area contributed by atoms with Crippen molar-refractivity contribution in [1.82, 2.24) is 0 Å². The molecule has 1 aromatic rings. The quantitative estimate of drug-likeness (QED) is 0.229. The molecule has 0 fully saturated rings. The summed E-state index contributed by atoms with van der Waals surface area (Å²) in [4.78, 5) is 31.5. The van der Waals surface area contributed by atoms with Crippen LogP contribution in [-0.2, 0) is 9.53 Å². The lowest BCUT2D eigenvalue weighted by Gasteiger charge is -2.07. The zero-order chi connectivity index (χ0) is 17.9. The minimum Gasteiger partial charge on any atom is -0.452 e. The number of anilines is 1. The predicted octanol–water partition coefficient (Wildman–Crippen LogP) is 2.65. The van der Waals surface area contributed by atoms with E-state index in [1.807, 2.05) is 0 Å². The predicted molar refractivity (Wildman–Crippen MR) is 86.5 cm³/mol. The van der Waals surface area contributed by atoms with Gasteiger partial charge in [-0.05, 0) is 18.9 Å². The molecule has 1 aromatic carbocycles. The van der Waals surface area contributed by atoms with Crippen LogP contribution in [0.25, 0.3) is 0 Å². The van der Waals surface area contributed by atoms with Crippen molar-refractivity contribution in [3.05, 3.63) is 38.4 Å². The van der Waals surface area contributed by atoms with Gasteiger partial charge in [0.2, 0.25) is 0 Å². The van der Waals surface area contributed by atoms with Crippen LogP contribution in [0.3, 0.4) is 0 Å². The lowest BCUT2D eigenvalue weighted by atomic mass is 10.2. The van der Waals surface area contributed by atoms with Crippen LogP contribution in [0.2, 0.25) is 0 Å². The number of unbranched alkanes of at least 4 members (excludes halogenated alkanes) is 2. The van der Waals surface area contributed by atoms with E-state index in [0.29, 0.717) is 19.4 Å². The number of carbonyl (C=O) groups is 1. The normalized spacial score (nSPS) is 9.79. The highest BCUT2D eigenvalue weighted by Crippen LogP contribution is 2.28. The maximum atomic E-state index is 11.2. The topological polar surface area (TPSA) is 125 Å². The second-order valence-corrected chi connectivity index (χ2v) is 4.82. The third-order valence-corrected chi connectivity index (χ3v) is 3.08. The van der Waals surface area contributed by atoms with Crippen LogP contribution >= 0.6 is 0 Å². The van der Waals surface area contributed by atoms with Gasteiger partial charge >= 0.3 is 5.97 Å². The molecule has 1 N–H and O–H groups in total. The maximum absolute atomic E-state index is 11.2. The molecule has 1 rings (SSSR count). The number of rotatable bonds is 10. The summed E-state index contributed by atoms with van der Waals surface area (Å²) in [5, 5.41) is 24.5. The minimum atomic E-state index is -0.684. The fraction of sp³-hybridized carbons (Fsp3) is 0.400. The Labute approximate surface area is 138 Å². The van der Waals surface area contributed by atoms with Gasteiger partial charge in [-0.15, -0.1) is 6.42 Å². The molecule has 0 aliphatic carbocycles. The number of nitro benzene ring substituents is 2. The Balaban J connectivity index is 2.40. The van der Waals surface area contributed by atoms with Gasteiger partial charge < -0.3 is 10.1 Å². The van der Waals surface area contributed by atoms with Crippen LogP contribution < -0.4 is 5.32 Å². The van der Waals surface area contributed by atoms with Gasteiger partial charge in [0, 0.05) is 19.0 Å². The molecule has 0 radical (unpaired) electrons. The van der Waals surface area contributed by atoms with Crippen molar-refractivity contribution in [2.24, 2.45) is 0 Å². The molecule has 9 nitrogen and oxygen atoms in total. The Morgan fingerprint density at radius 1 is 1.21 bits per heavy atom. The van der Waals surface area contributed by atoms with Crippen molar-refractivity contribution >= 4 is 23.0 Å². The Bertz CT molecular complexity index is 653. The number of hydrogen-bond donors (Lipinski definition) is 1. The third kappa shape index (κ3) is 6.31. The first-order chi connectivity index (χ1) is 11.5. The molecule has 0 aromatic heterocycles. The van der Waals surface area contributed by atoms with Gasteiger partial charge in [0.15, 0.2) is 6.61 Å². The van der Waals surface area contributed by atoms with E-state index in [-0.39, 0.29) is 36.1 Å². The first kappa shape index (κ1) is 18.9. The van der Waals surface area contributed by atoms with E-state index in [1.54, 1.807) is 0 Å². The van der Waals surface area contributed by atoms with Crippen LogP contribution in [0.5, 0.6) is 0 Å². The summed E-state index contributed by atoms with van der Waals surface area (Å²) in [7, 11) is 0. The number of non-ortho nitro benzene ring substituents is 1. The van der Waals surface area contributed by atoms with Gasteiger partial charge in [-0.1, -0.05) is 12.3 Å². The Morgan fingerprint density at radius 2 is 1.96 bits per heavy atom. The molecule has 0 saturated carbocycles. The Morgan fingerprint density at radius 3 is 2.58 bits per heavy atom. The summed E-state index contributed by atoms with van der Waals surface area (Å²) in [6.07, 6.45) is 7.25. The zero-order valence-electron chi connectivity index (χ0n) is 12.9. The summed E-state index contributed by atoms with van der Waals surface area (Å²) in [6, 6.07) is 3.44. The molecule has 0 amide bonds. The lowest BCUT2D eigenvalue weighted by Crippen LogP contribution is -2.06. The number of esters is 1. The number of terminal acetylenes is 1. The van der Waals surface area contributed by atoms with Gasteiger partial charge in [-0.3, -0.25) is 25.0 Å². The lowest BCUT2D eigenvalue weighted by molar-refractivity contribution is -0.393. The summed E-state index contributed by atoms with van der Waals surface area (Å²) in [6.45, 7) is 0.405. The molecular formula is C15H17N3O6. The SMILES string of the molecule is C#CCOC(=O)CCCCCNc1ccc([N+](=O)[O-])cc1[N+](=O)[O-]. The number of nitrogens with one attached hydrogen (secondary N) is 1. The summed E-state index contributed by atoms with van der Waals surface area (Å²) in [5.74, 6) is 1.85. The fourth-order valence-corrected chi connectivity index (χ4v) is 1.92. The highest BCUT2D eigenvalue weighted by atomic mass is 16.6. The van der Waals surface area contributed by atoms with E-state index in [2.05, 4.69) is 11.2 Å². The molecule has 0 bridgehead atoms. The van der Waals surface area contributed by atoms with Crippen LogP contribution in [0.4, 0.5) is 17.1 Å². The third-order valence-electron chi connectivity index (χ3n) is 3.08. The van der Waals surface area contributed by atoms with Crippen LogP contribution in [-0.4, -0.2) is 29.0 Å². The summed E-state index contributed by atoms with van der Waals surface area (Å²) < 4.78 is 4.72. The van der Waals surface area contributed by atoms with E-state index in [0.717, 1.165) is 12.5 Å². The number of benzene rings is 1. The molecule has 0 spiro atoms. The van der Waals surface area contributed by atoms with Crippen molar-refractivity contribution < 1.29 is 19.4 Å². The highest BCUT2D eigenvalue weighted by Gasteiger charge is 2.18. The van der Waals surface area contributed by atoms with E-state index in [9.17, 15) is 25.0 Å². The molecular weight excluding hydrogens is 318 g/mol. The Hall–Kier alpha value is -3.15. The molecule has 9 heteroatoms. The average molecular weight is 335 g/mol. The number of carbonyl (C=O) groups excluding carboxylic acids is 1. The molecule has 128 valence electrons. The monoisotopic (exact) mass is 335 g/mol. The second kappa shape index (κ2) is 9.78. The molecule has 0 atom stereocenters. The molecule has 0 aliphatic heterocycles. The average Bonchev–Trinajstić information content (AvgIpc) is 2.55. The summed E-state index contributed by atoms with van der Waals surface area (Å²) >= 11 is 0. The van der Waals surface area contributed by atoms with E-state index in [1.165, 1.54) is 12.1 Å². The van der Waals surface area contributed by atoms with Crippen molar-refractivity contribution in [2.45, 2.75) is 25.7 Å². The molecule has 0 unspecified atom stereocenters. The first-order valence-corrected chi connectivity index (χ1v) is 7.21. The Kier molecular flexibility index (Phi) is 7.70. The smallest absolute Gasteiger partial charge is 0.306 e. The highest BCUT2D eigenvalue weighted by molar-refractivity contribution is 5.69. The molecule has 0 heterocycles. The van der Waals surface area contributed by atoms with Gasteiger partial charge in [0.05, 0.1) is 15.9 Å². The van der Waals surface area contributed by atoms with Crippen LogP contribution in [0, 0.1) is 32.6 Å². The van der Waals surface area contributed by atoms with E-state index >= 15 is 0 Å². The standard InChI is InChI=1S/C15H17N3O6/c1-2-10-24-15(19)6-4-3-5-9-16-13-8-7-12(17(20)21)11-14(13)18(22)23/h1,7-8,11,16H,3-6,9-10H2. The van der Waals surface area contributed by atoms with Gasteiger partial charge in [0.1, 0.15) is 5.69 Å². The number of ether oxygens (including phenoxy) is 1. The summed E-state index contributed by atoms with van der Waals surface area (Å²) in [5.41, 5.74) is -0.459. The van der Waals surface area contributed by atoms with Gasteiger partial charge in [-0.25, -0.2) is 0 Å². The minimum absolute atomic E-state index is 0.0375. The zero-order valence-corrected chi connectivity index (χ0v) is 12.9. The van der Waals surface area contributed by atoms with Crippen molar-refractivity contribution in [3.63, 3.8) is 0 Å². The van der Waals surface area contributed by atoms with Crippen molar-refractivity contribution in [1.29, 1.82) is 0 Å². The molecule has 0 aliphatic rings. The number of nitro groups is 2. The first-order valence-electron chi connectivity index (χ1n) is 7.21. The van der Waals surface area contributed by atoms with Crippen LogP contribution in [0.15, 0.2) is 18.2 Å². The number of hydrogen-bond acceptors (Lipinski definition) is 7. The van der Waals surface area contributed by atoms with Crippen molar-refractivity contribution in [2.75, 3.05) is 18.5 Å². The van der Waals surface area contributed by atoms with Gasteiger partial charge in [0.25, 0.3) is 11.4 Å². The maximum Gasteiger partial charge on any atom is 0.306 e. The van der Waals surface area contributed by atoms with E-state index < -0.39 is 9.85 Å². The molecule has 24 heavy (non-hydrogen) atoms. The fourth-order valence-electron chi connectivity index (χ4n) is 1.92.